The van der Waals surface area contributed by atoms with E-state index in [0.717, 1.165) is 11.4 Å². The van der Waals surface area contributed by atoms with Crippen molar-refractivity contribution >= 4 is 38.5 Å². The summed E-state index contributed by atoms with van der Waals surface area (Å²) in [6.07, 6.45) is 0. The summed E-state index contributed by atoms with van der Waals surface area (Å²) in [7, 11) is -2.88. The molecule has 0 spiro atoms. The molecule has 1 aliphatic heterocycles. The molecule has 116 valence electrons. The summed E-state index contributed by atoms with van der Waals surface area (Å²) in [5, 5.41) is 6.61. The first-order chi connectivity index (χ1) is 10.5. The molecule has 3 rings (SSSR count). The van der Waals surface area contributed by atoms with E-state index >= 15 is 0 Å². The maximum atomic E-state index is 12.1. The van der Waals surface area contributed by atoms with Crippen LogP contribution in [0.4, 0.5) is 11.4 Å². The predicted molar refractivity (Wildman–Crippen MR) is 89.6 cm³/mol. The molecule has 0 bridgehead atoms. The Morgan fingerprint density at radius 1 is 1.09 bits per heavy atom. The van der Waals surface area contributed by atoms with Crippen LogP contribution in [-0.4, -0.2) is 38.9 Å². The van der Waals surface area contributed by atoms with Gasteiger partial charge in [0.1, 0.15) is 0 Å². The van der Waals surface area contributed by atoms with Crippen molar-refractivity contribution in [1.29, 1.82) is 0 Å². The normalized spacial score (nSPS) is 17.2. The summed E-state index contributed by atoms with van der Waals surface area (Å²) in [4.78, 5) is 14.1. The van der Waals surface area contributed by atoms with Crippen LogP contribution in [-0.2, 0) is 9.84 Å². The van der Waals surface area contributed by atoms with Crippen molar-refractivity contribution < 1.29 is 13.2 Å². The molecular formula is C15H16N2O3S2. The zero-order valence-electron chi connectivity index (χ0n) is 11.9. The fraction of sp³-hybridized carbons (Fsp3) is 0.267. The number of carbonyl (C=O) groups excluding carboxylic acids is 1. The minimum absolute atomic E-state index is 0.147. The van der Waals surface area contributed by atoms with E-state index in [9.17, 15) is 13.2 Å². The van der Waals surface area contributed by atoms with Gasteiger partial charge < -0.3 is 10.2 Å². The van der Waals surface area contributed by atoms with E-state index in [0.29, 0.717) is 18.7 Å². The molecule has 1 N–H and O–H groups in total. The number of nitrogens with one attached hydrogen (secondary N) is 1. The largest absolute Gasteiger partial charge is 0.369 e. The lowest BCUT2D eigenvalue weighted by atomic mass is 10.2. The third kappa shape index (κ3) is 3.48. The Bertz CT molecular complexity index is 739. The summed E-state index contributed by atoms with van der Waals surface area (Å²) in [5.74, 6) is 0.229. The van der Waals surface area contributed by atoms with Gasteiger partial charge in [-0.3, -0.25) is 4.79 Å². The summed E-state index contributed by atoms with van der Waals surface area (Å²) < 4.78 is 22.9. The Labute approximate surface area is 133 Å². The van der Waals surface area contributed by atoms with E-state index < -0.39 is 9.84 Å². The Hall–Kier alpha value is -1.86. The number of thiophene rings is 1. The summed E-state index contributed by atoms with van der Waals surface area (Å²) in [6, 6.07) is 9.10. The van der Waals surface area contributed by atoms with Crippen LogP contribution in [0.25, 0.3) is 0 Å². The minimum atomic E-state index is -2.88. The van der Waals surface area contributed by atoms with Crippen molar-refractivity contribution in [2.45, 2.75) is 0 Å². The first-order valence-electron chi connectivity index (χ1n) is 6.92. The maximum Gasteiger partial charge on any atom is 0.255 e. The van der Waals surface area contributed by atoms with Crippen LogP contribution in [0, 0.1) is 0 Å². The van der Waals surface area contributed by atoms with Gasteiger partial charge >= 0.3 is 0 Å². The molecule has 0 atom stereocenters. The first kappa shape index (κ1) is 15.1. The van der Waals surface area contributed by atoms with Crippen molar-refractivity contribution in [2.75, 3.05) is 34.8 Å². The lowest BCUT2D eigenvalue weighted by molar-refractivity contribution is 0.102. The molecule has 7 heteroatoms. The van der Waals surface area contributed by atoms with Gasteiger partial charge in [-0.1, -0.05) is 0 Å². The van der Waals surface area contributed by atoms with Crippen molar-refractivity contribution in [2.24, 2.45) is 0 Å². The summed E-state index contributed by atoms with van der Waals surface area (Å²) >= 11 is 1.53. The third-order valence-electron chi connectivity index (χ3n) is 3.62. The van der Waals surface area contributed by atoms with Crippen molar-refractivity contribution in [3.05, 3.63) is 46.7 Å². The average molecular weight is 336 g/mol. The fourth-order valence-corrected chi connectivity index (χ4v) is 4.12. The number of nitrogens with zero attached hydrogens (tertiary/aromatic N) is 1. The van der Waals surface area contributed by atoms with E-state index in [1.165, 1.54) is 11.3 Å². The van der Waals surface area contributed by atoms with Gasteiger partial charge in [0.25, 0.3) is 5.91 Å². The van der Waals surface area contributed by atoms with E-state index in [-0.39, 0.29) is 17.4 Å². The highest BCUT2D eigenvalue weighted by atomic mass is 32.2. The average Bonchev–Trinajstić information content (AvgIpc) is 3.00. The van der Waals surface area contributed by atoms with Gasteiger partial charge in [0.15, 0.2) is 9.84 Å². The molecule has 0 saturated carbocycles. The highest BCUT2D eigenvalue weighted by molar-refractivity contribution is 7.91. The lowest BCUT2D eigenvalue weighted by Gasteiger charge is -2.28. The zero-order chi connectivity index (χ0) is 15.6. The molecule has 2 heterocycles. The Morgan fingerprint density at radius 3 is 2.36 bits per heavy atom. The fourth-order valence-electron chi connectivity index (χ4n) is 2.33. The molecule has 5 nitrogen and oxygen atoms in total. The molecule has 22 heavy (non-hydrogen) atoms. The number of benzene rings is 1. The van der Waals surface area contributed by atoms with E-state index in [2.05, 4.69) is 5.32 Å². The molecule has 1 fully saturated rings. The highest BCUT2D eigenvalue weighted by Gasteiger charge is 2.21. The molecule has 1 aliphatic rings. The summed E-state index contributed by atoms with van der Waals surface area (Å²) in [6.45, 7) is 1.01. The molecule has 0 aliphatic carbocycles. The highest BCUT2D eigenvalue weighted by Crippen LogP contribution is 2.19. The van der Waals surface area contributed by atoms with Crippen LogP contribution in [0.5, 0.6) is 0 Å². The molecule has 1 saturated heterocycles. The van der Waals surface area contributed by atoms with Gasteiger partial charge in [0.2, 0.25) is 0 Å². The summed E-state index contributed by atoms with van der Waals surface area (Å²) in [5.41, 5.74) is 2.32. The number of anilines is 2. The molecule has 1 aromatic heterocycles. The van der Waals surface area contributed by atoms with Crippen LogP contribution < -0.4 is 10.2 Å². The second-order valence-corrected chi connectivity index (χ2v) is 8.24. The number of carbonyl (C=O) groups is 1. The van der Waals surface area contributed by atoms with E-state index in [1.54, 1.807) is 12.1 Å². The topological polar surface area (TPSA) is 66.5 Å². The minimum Gasteiger partial charge on any atom is -0.369 e. The zero-order valence-corrected chi connectivity index (χ0v) is 13.5. The van der Waals surface area contributed by atoms with Gasteiger partial charge in [-0.25, -0.2) is 8.42 Å². The molecule has 0 unspecified atom stereocenters. The number of amides is 1. The quantitative estimate of drug-likeness (QED) is 0.933. The molecular weight excluding hydrogens is 320 g/mol. The van der Waals surface area contributed by atoms with Crippen LogP contribution in [0.15, 0.2) is 41.1 Å². The van der Waals surface area contributed by atoms with Gasteiger partial charge in [0, 0.05) is 29.7 Å². The van der Waals surface area contributed by atoms with Crippen molar-refractivity contribution in [3.8, 4) is 0 Å². The third-order valence-corrected chi connectivity index (χ3v) is 5.91. The molecule has 1 aromatic carbocycles. The number of sulfone groups is 1. The monoisotopic (exact) mass is 336 g/mol. The van der Waals surface area contributed by atoms with Crippen LogP contribution in [0.1, 0.15) is 10.4 Å². The number of rotatable bonds is 3. The molecule has 2 aromatic rings. The van der Waals surface area contributed by atoms with E-state index in [1.807, 2.05) is 33.9 Å². The van der Waals surface area contributed by atoms with Crippen molar-refractivity contribution in [3.63, 3.8) is 0 Å². The van der Waals surface area contributed by atoms with E-state index in [4.69, 9.17) is 0 Å². The molecule has 1 amide bonds. The van der Waals surface area contributed by atoms with Gasteiger partial charge in [-0.05, 0) is 35.7 Å². The standard InChI is InChI=1S/C15H16N2O3S2/c18-15(16-13-5-8-21-11-13)12-1-3-14(4-2-12)17-6-9-22(19,20)10-7-17/h1-5,8,11H,6-7,9-10H2,(H,16,18). The smallest absolute Gasteiger partial charge is 0.255 e. The van der Waals surface area contributed by atoms with Gasteiger partial charge in [0.05, 0.1) is 17.2 Å². The molecule has 0 radical (unpaired) electrons. The Balaban J connectivity index is 1.66. The Morgan fingerprint density at radius 2 is 1.77 bits per heavy atom. The number of hydrogen-bond donors (Lipinski definition) is 1. The van der Waals surface area contributed by atoms with Crippen molar-refractivity contribution in [1.82, 2.24) is 0 Å². The SMILES string of the molecule is O=C(Nc1ccsc1)c1ccc(N2CCS(=O)(=O)CC2)cc1. The number of hydrogen-bond acceptors (Lipinski definition) is 5. The van der Waals surface area contributed by atoms with Gasteiger partial charge in [-0.15, -0.1) is 0 Å². The van der Waals surface area contributed by atoms with Crippen LogP contribution in [0.3, 0.4) is 0 Å². The second kappa shape index (κ2) is 6.10. The Kier molecular flexibility index (Phi) is 4.17. The maximum absolute atomic E-state index is 12.1. The lowest BCUT2D eigenvalue weighted by Crippen LogP contribution is -2.40. The second-order valence-electron chi connectivity index (χ2n) is 5.15. The predicted octanol–water partition coefficient (Wildman–Crippen LogP) is 2.24. The van der Waals surface area contributed by atoms with Crippen LogP contribution in [0.2, 0.25) is 0 Å². The van der Waals surface area contributed by atoms with Gasteiger partial charge in [-0.2, -0.15) is 11.3 Å². The first-order valence-corrected chi connectivity index (χ1v) is 9.69. The van der Waals surface area contributed by atoms with Crippen LogP contribution >= 0.6 is 11.3 Å².